The van der Waals surface area contributed by atoms with Crippen LogP contribution >= 0.6 is 11.6 Å². The molecule has 4 aromatic rings. The fraction of sp³-hybridized carbons (Fsp3) is 0.282. The van der Waals surface area contributed by atoms with Gasteiger partial charge >= 0.3 is 12.1 Å². The Morgan fingerprint density at radius 3 is 2.04 bits per heavy atom. The molecule has 17 heteroatoms. The molecule has 0 fully saturated rings. The second-order valence-corrected chi connectivity index (χ2v) is 13.0. The first kappa shape index (κ1) is 44.5. The van der Waals surface area contributed by atoms with Crippen molar-refractivity contribution < 1.29 is 50.7 Å². The van der Waals surface area contributed by atoms with Crippen LogP contribution in [0.4, 0.5) is 22.0 Å². The minimum atomic E-state index is -5.24. The van der Waals surface area contributed by atoms with E-state index in [1.807, 2.05) is 36.5 Å². The second kappa shape index (κ2) is 20.1. The summed E-state index contributed by atoms with van der Waals surface area (Å²) in [6, 6.07) is 19.5. The highest BCUT2D eigenvalue weighted by Gasteiger charge is 2.46. The summed E-state index contributed by atoms with van der Waals surface area (Å²) in [5, 5.41) is 8.72. The van der Waals surface area contributed by atoms with Crippen molar-refractivity contribution in [2.24, 2.45) is 5.92 Å². The van der Waals surface area contributed by atoms with Crippen LogP contribution < -0.4 is 26.0 Å². The molecule has 0 aliphatic rings. The van der Waals surface area contributed by atoms with Gasteiger partial charge in [-0.25, -0.2) is 0 Å². The Labute approximate surface area is 324 Å². The molecule has 0 aliphatic heterocycles. The number of amides is 4. The highest BCUT2D eigenvalue weighted by molar-refractivity contribution is 6.30. The van der Waals surface area contributed by atoms with Crippen LogP contribution in [0.25, 0.3) is 0 Å². The zero-order valence-corrected chi connectivity index (χ0v) is 31.3. The van der Waals surface area contributed by atoms with E-state index in [1.165, 1.54) is 62.9 Å². The molecule has 3 aromatic carbocycles. The van der Waals surface area contributed by atoms with Crippen LogP contribution in [0.5, 0.6) is 5.75 Å². The third-order valence-corrected chi connectivity index (χ3v) is 8.13. The molecule has 11 nitrogen and oxygen atoms in total. The van der Waals surface area contributed by atoms with Crippen molar-refractivity contribution in [3.8, 4) is 5.75 Å². The topological polar surface area (TPSA) is 156 Å². The summed E-state index contributed by atoms with van der Waals surface area (Å²) in [7, 11) is 1.36. The zero-order chi connectivity index (χ0) is 41.6. The normalized spacial score (nSPS) is 12.3. The van der Waals surface area contributed by atoms with Gasteiger partial charge in [0.15, 0.2) is 0 Å². The SMILES string of the molecule is COc1ccc(C(NC(=O)CNC(=O)C(F)(F)c2cccc(Cl)c2)C(=O)N[C@H](C(=O)C(F)(F)F)C(C)C)cc1.Cc1ccc(CNC(=O)c2ccccn2)cc1. The van der Waals surface area contributed by atoms with E-state index in [2.05, 4.69) is 15.6 Å². The first-order chi connectivity index (χ1) is 26.3. The average molecular weight is 804 g/mol. The molecule has 0 saturated heterocycles. The van der Waals surface area contributed by atoms with Crippen molar-refractivity contribution in [2.45, 2.75) is 51.5 Å². The lowest BCUT2D eigenvalue weighted by molar-refractivity contribution is -0.175. The van der Waals surface area contributed by atoms with Crippen molar-refractivity contribution >= 4 is 41.0 Å². The van der Waals surface area contributed by atoms with Crippen molar-refractivity contribution in [2.75, 3.05) is 13.7 Å². The first-order valence-electron chi connectivity index (χ1n) is 16.8. The van der Waals surface area contributed by atoms with Crippen LogP contribution in [0.2, 0.25) is 5.02 Å². The molecule has 1 heterocycles. The Morgan fingerprint density at radius 2 is 1.48 bits per heavy atom. The minimum Gasteiger partial charge on any atom is -0.497 e. The highest BCUT2D eigenvalue weighted by Crippen LogP contribution is 2.30. The Balaban J connectivity index is 0.000000408. The molecular weight excluding hydrogens is 765 g/mol. The molecule has 4 rings (SSSR count). The number of nitrogens with zero attached hydrogens (tertiary/aromatic N) is 1. The van der Waals surface area contributed by atoms with Crippen LogP contribution in [0.1, 0.15) is 52.6 Å². The molecule has 56 heavy (non-hydrogen) atoms. The number of hydrogen-bond acceptors (Lipinski definition) is 7. The second-order valence-electron chi connectivity index (χ2n) is 12.5. The van der Waals surface area contributed by atoms with Crippen molar-refractivity contribution in [3.63, 3.8) is 0 Å². The van der Waals surface area contributed by atoms with Gasteiger partial charge in [0.25, 0.3) is 17.6 Å². The number of methoxy groups -OCH3 is 1. The summed E-state index contributed by atoms with van der Waals surface area (Å²) < 4.78 is 73.2. The molecule has 298 valence electrons. The highest BCUT2D eigenvalue weighted by atomic mass is 35.5. The van der Waals surface area contributed by atoms with Crippen LogP contribution in [0.15, 0.2) is 97.2 Å². The van der Waals surface area contributed by atoms with Gasteiger partial charge in [0, 0.05) is 23.3 Å². The molecule has 4 N–H and O–H groups in total. The summed E-state index contributed by atoms with van der Waals surface area (Å²) in [6.07, 6.45) is -3.62. The van der Waals surface area contributed by atoms with Crippen LogP contribution in [-0.2, 0) is 31.6 Å². The van der Waals surface area contributed by atoms with E-state index >= 15 is 0 Å². The van der Waals surface area contributed by atoms with E-state index in [1.54, 1.807) is 29.7 Å². The number of aryl methyl sites for hydroxylation is 1. The predicted octanol–water partition coefficient (Wildman–Crippen LogP) is 6.01. The van der Waals surface area contributed by atoms with Crippen molar-refractivity contribution in [1.29, 1.82) is 0 Å². The molecule has 4 amide bonds. The number of halogens is 6. The Hall–Kier alpha value is -5.90. The lowest BCUT2D eigenvalue weighted by Crippen LogP contribution is -2.53. The first-order valence-corrected chi connectivity index (χ1v) is 17.2. The van der Waals surface area contributed by atoms with Crippen LogP contribution in [0, 0.1) is 12.8 Å². The monoisotopic (exact) mass is 803 g/mol. The Bertz CT molecular complexity index is 1960. The Kier molecular flexibility index (Phi) is 16.0. The summed E-state index contributed by atoms with van der Waals surface area (Å²) in [5.41, 5.74) is 2.08. The zero-order valence-electron chi connectivity index (χ0n) is 30.5. The lowest BCUT2D eigenvalue weighted by atomic mass is 9.98. The number of benzene rings is 3. The molecule has 1 aromatic heterocycles. The van der Waals surface area contributed by atoms with E-state index in [-0.39, 0.29) is 16.5 Å². The van der Waals surface area contributed by atoms with Gasteiger partial charge in [0.1, 0.15) is 17.5 Å². The van der Waals surface area contributed by atoms with Crippen LogP contribution in [-0.4, -0.2) is 60.3 Å². The molecule has 1 unspecified atom stereocenters. The van der Waals surface area contributed by atoms with Gasteiger partial charge in [-0.05, 0) is 60.4 Å². The summed E-state index contributed by atoms with van der Waals surface area (Å²) in [6.45, 7) is 4.12. The molecule has 0 aliphatic carbocycles. The van der Waals surface area contributed by atoms with Crippen molar-refractivity contribution in [3.05, 3.63) is 130 Å². The number of ketones is 1. The maximum absolute atomic E-state index is 14.5. The van der Waals surface area contributed by atoms with E-state index in [0.29, 0.717) is 18.0 Å². The third kappa shape index (κ3) is 13.1. The molecule has 0 spiro atoms. The number of nitrogens with one attached hydrogen (secondary N) is 4. The summed E-state index contributed by atoms with van der Waals surface area (Å²) in [4.78, 5) is 65.2. The van der Waals surface area contributed by atoms with E-state index in [4.69, 9.17) is 16.3 Å². The Morgan fingerprint density at radius 1 is 0.821 bits per heavy atom. The van der Waals surface area contributed by atoms with Gasteiger partial charge in [0.2, 0.25) is 11.8 Å². The number of aromatic nitrogens is 1. The fourth-order valence-electron chi connectivity index (χ4n) is 4.82. The van der Waals surface area contributed by atoms with Gasteiger partial charge in [0.05, 0.1) is 19.7 Å². The maximum atomic E-state index is 14.5. The van der Waals surface area contributed by atoms with E-state index < -0.39 is 65.7 Å². The number of Topliss-reactive ketones (excluding diaryl/α,β-unsaturated/α-hetero) is 1. The van der Waals surface area contributed by atoms with E-state index in [0.717, 1.165) is 17.7 Å². The van der Waals surface area contributed by atoms with Gasteiger partial charge in [-0.1, -0.05) is 85.6 Å². The lowest BCUT2D eigenvalue weighted by Gasteiger charge is -2.26. The summed E-state index contributed by atoms with van der Waals surface area (Å²) in [5.74, 6) is -11.1. The number of rotatable bonds is 14. The number of carbonyl (C=O) groups excluding carboxylic acids is 5. The molecular formula is C39H39ClF5N5O6. The number of alkyl halides is 5. The quantitative estimate of drug-likeness (QED) is 0.114. The predicted molar refractivity (Wildman–Crippen MR) is 197 cm³/mol. The molecule has 0 radical (unpaired) electrons. The van der Waals surface area contributed by atoms with Gasteiger partial charge in [-0.2, -0.15) is 22.0 Å². The maximum Gasteiger partial charge on any atom is 0.452 e. The van der Waals surface area contributed by atoms with Gasteiger partial charge < -0.3 is 26.0 Å². The fourth-order valence-corrected chi connectivity index (χ4v) is 5.01. The number of ether oxygens (including phenoxy) is 1. The number of pyridine rings is 1. The third-order valence-electron chi connectivity index (χ3n) is 7.90. The largest absolute Gasteiger partial charge is 0.497 e. The van der Waals surface area contributed by atoms with Gasteiger partial charge in [-0.15, -0.1) is 0 Å². The molecule has 0 bridgehead atoms. The van der Waals surface area contributed by atoms with Gasteiger partial charge in [-0.3, -0.25) is 29.0 Å². The summed E-state index contributed by atoms with van der Waals surface area (Å²) >= 11 is 5.69. The standard InChI is InChI=1S/C25H25ClF5N3O5.C14H14N2O/c1-13(2)19(21(36)25(29,30)31)34-22(37)20(14-7-9-17(39-3)10-8-14)33-18(35)12-32-23(38)24(27,28)15-5-4-6-16(26)11-15;1-11-5-7-12(8-6-11)10-16-14(17)13-4-2-3-9-15-13/h4-11,13,19-20H,12H2,1-3H3,(H,32,38)(H,33,35)(H,34,37);2-9H,10H2,1H3,(H,16,17)/t19-,20?;/m0./s1. The molecule has 2 atom stereocenters. The average Bonchev–Trinajstić information content (AvgIpc) is 3.17. The van der Waals surface area contributed by atoms with E-state index in [9.17, 15) is 45.9 Å². The molecule has 0 saturated carbocycles. The number of hydrogen-bond donors (Lipinski definition) is 4. The van der Waals surface area contributed by atoms with Crippen molar-refractivity contribution in [1.82, 2.24) is 26.3 Å². The smallest absolute Gasteiger partial charge is 0.452 e. The number of carbonyl (C=O) groups is 5. The minimum absolute atomic E-state index is 0.0465. The van der Waals surface area contributed by atoms with Crippen LogP contribution in [0.3, 0.4) is 0 Å².